The fraction of sp³-hybridized carbons (Fsp3) is 0.812. The topological polar surface area (TPSA) is 17.1 Å². The summed E-state index contributed by atoms with van der Waals surface area (Å²) in [5.41, 5.74) is 1.40. The highest BCUT2D eigenvalue weighted by molar-refractivity contribution is 5.60. The fourth-order valence-corrected chi connectivity index (χ4v) is 3.38. The van der Waals surface area contributed by atoms with Crippen LogP contribution in [0.15, 0.2) is 11.6 Å². The van der Waals surface area contributed by atoms with Crippen molar-refractivity contribution in [2.24, 2.45) is 22.7 Å². The third kappa shape index (κ3) is 2.81. The summed E-state index contributed by atoms with van der Waals surface area (Å²) in [7, 11) is 0. The van der Waals surface area contributed by atoms with Crippen LogP contribution in [0.2, 0.25) is 0 Å². The molecule has 1 nitrogen and oxygen atoms in total. The van der Waals surface area contributed by atoms with Crippen molar-refractivity contribution in [3.8, 4) is 0 Å². The molecule has 0 bridgehead atoms. The molecular formula is C16H28O. The Balaban J connectivity index is 2.94. The maximum atomic E-state index is 11.6. The van der Waals surface area contributed by atoms with Gasteiger partial charge in [0.05, 0.1) is 0 Å². The summed E-state index contributed by atoms with van der Waals surface area (Å²) in [4.78, 5) is 11.6. The molecule has 0 aromatic heterocycles. The molecule has 0 aromatic carbocycles. The highest BCUT2D eigenvalue weighted by Gasteiger charge is 2.49. The number of carbonyl (C=O) groups excluding carboxylic acids is 1. The Morgan fingerprint density at radius 1 is 1.35 bits per heavy atom. The van der Waals surface area contributed by atoms with E-state index in [9.17, 15) is 4.79 Å². The summed E-state index contributed by atoms with van der Waals surface area (Å²) in [6.07, 6.45) is 6.76. The summed E-state index contributed by atoms with van der Waals surface area (Å²) in [6, 6.07) is 0. The Bertz CT molecular complexity index is 309. The van der Waals surface area contributed by atoms with Crippen molar-refractivity contribution in [3.05, 3.63) is 11.6 Å². The summed E-state index contributed by atoms with van der Waals surface area (Å²) in [6.45, 7) is 13.3. The smallest absolute Gasteiger partial charge is 0.126 e. The molecule has 1 rings (SSSR count). The van der Waals surface area contributed by atoms with Gasteiger partial charge in [-0.25, -0.2) is 0 Å². The van der Waals surface area contributed by atoms with Gasteiger partial charge in [-0.1, -0.05) is 39.3 Å². The van der Waals surface area contributed by atoms with Gasteiger partial charge in [-0.3, -0.25) is 0 Å². The molecule has 98 valence electrons. The maximum absolute atomic E-state index is 11.6. The summed E-state index contributed by atoms with van der Waals surface area (Å²) >= 11 is 0. The SMILES string of the molecule is CC(C)=CCC(C)(C=O)C1CCC(C)C1(C)C. The molecule has 0 aromatic rings. The molecule has 0 amide bonds. The molecular weight excluding hydrogens is 208 g/mol. The molecule has 3 unspecified atom stereocenters. The van der Waals surface area contributed by atoms with E-state index in [1.54, 1.807) is 0 Å². The van der Waals surface area contributed by atoms with Crippen LogP contribution >= 0.6 is 0 Å². The van der Waals surface area contributed by atoms with E-state index in [1.165, 1.54) is 24.7 Å². The molecule has 0 radical (unpaired) electrons. The van der Waals surface area contributed by atoms with Crippen LogP contribution in [0.25, 0.3) is 0 Å². The van der Waals surface area contributed by atoms with E-state index in [-0.39, 0.29) is 10.8 Å². The van der Waals surface area contributed by atoms with Gasteiger partial charge in [0.1, 0.15) is 6.29 Å². The first-order chi connectivity index (χ1) is 7.74. The van der Waals surface area contributed by atoms with Gasteiger partial charge in [0.15, 0.2) is 0 Å². The van der Waals surface area contributed by atoms with Crippen LogP contribution in [-0.2, 0) is 4.79 Å². The second-order valence-electron chi connectivity index (χ2n) is 6.96. The summed E-state index contributed by atoms with van der Waals surface area (Å²) < 4.78 is 0. The lowest BCUT2D eigenvalue weighted by atomic mass is 9.63. The monoisotopic (exact) mass is 236 g/mol. The third-order valence-corrected chi connectivity index (χ3v) is 5.07. The molecule has 0 spiro atoms. The first-order valence-electron chi connectivity index (χ1n) is 6.83. The number of hydrogen-bond acceptors (Lipinski definition) is 1. The van der Waals surface area contributed by atoms with E-state index < -0.39 is 0 Å². The number of aldehydes is 1. The van der Waals surface area contributed by atoms with Gasteiger partial charge in [0.2, 0.25) is 0 Å². The molecule has 1 fully saturated rings. The van der Waals surface area contributed by atoms with Crippen LogP contribution in [0.5, 0.6) is 0 Å². The van der Waals surface area contributed by atoms with E-state index in [4.69, 9.17) is 0 Å². The Labute approximate surface area is 107 Å². The standard InChI is InChI=1S/C16H28O/c1-12(2)9-10-16(6,11-17)14-8-7-13(3)15(14,4)5/h9,11,13-14H,7-8,10H2,1-6H3. The molecule has 0 aliphatic heterocycles. The number of carbonyl (C=O) groups is 1. The minimum Gasteiger partial charge on any atom is -0.303 e. The molecule has 17 heavy (non-hydrogen) atoms. The van der Waals surface area contributed by atoms with Crippen molar-refractivity contribution >= 4 is 6.29 Å². The average Bonchev–Trinajstić information content (AvgIpc) is 2.51. The van der Waals surface area contributed by atoms with E-state index >= 15 is 0 Å². The van der Waals surface area contributed by atoms with E-state index in [2.05, 4.69) is 47.6 Å². The fourth-order valence-electron chi connectivity index (χ4n) is 3.38. The molecule has 0 N–H and O–H groups in total. The van der Waals surface area contributed by atoms with Crippen LogP contribution in [0.4, 0.5) is 0 Å². The molecule has 1 aliphatic rings. The van der Waals surface area contributed by atoms with Crippen LogP contribution in [0, 0.1) is 22.7 Å². The minimum atomic E-state index is -0.189. The van der Waals surface area contributed by atoms with Crippen molar-refractivity contribution in [1.29, 1.82) is 0 Å². The normalized spacial score (nSPS) is 30.7. The Morgan fingerprint density at radius 2 is 1.94 bits per heavy atom. The highest BCUT2D eigenvalue weighted by Crippen LogP contribution is 2.55. The zero-order valence-corrected chi connectivity index (χ0v) is 12.3. The lowest BCUT2D eigenvalue weighted by Crippen LogP contribution is -2.37. The molecule has 1 saturated carbocycles. The molecule has 3 atom stereocenters. The third-order valence-electron chi connectivity index (χ3n) is 5.07. The number of allylic oxidation sites excluding steroid dienone is 2. The average molecular weight is 236 g/mol. The largest absolute Gasteiger partial charge is 0.303 e. The van der Waals surface area contributed by atoms with Gasteiger partial charge >= 0.3 is 0 Å². The van der Waals surface area contributed by atoms with Crippen molar-refractivity contribution in [3.63, 3.8) is 0 Å². The summed E-state index contributed by atoms with van der Waals surface area (Å²) in [5, 5.41) is 0. The Morgan fingerprint density at radius 3 is 2.29 bits per heavy atom. The van der Waals surface area contributed by atoms with E-state index in [1.807, 2.05) is 0 Å². The van der Waals surface area contributed by atoms with Crippen molar-refractivity contribution < 1.29 is 4.79 Å². The van der Waals surface area contributed by atoms with Crippen molar-refractivity contribution in [2.75, 3.05) is 0 Å². The first-order valence-corrected chi connectivity index (χ1v) is 6.83. The predicted molar refractivity (Wildman–Crippen MR) is 73.9 cm³/mol. The summed E-state index contributed by atoms with van der Waals surface area (Å²) in [5.74, 6) is 1.23. The van der Waals surface area contributed by atoms with Gasteiger partial charge in [-0.2, -0.15) is 0 Å². The highest BCUT2D eigenvalue weighted by atomic mass is 16.1. The number of rotatable bonds is 4. The van der Waals surface area contributed by atoms with E-state index in [0.29, 0.717) is 5.92 Å². The zero-order valence-electron chi connectivity index (χ0n) is 12.3. The van der Waals surface area contributed by atoms with Gasteiger partial charge in [0.25, 0.3) is 0 Å². The first kappa shape index (κ1) is 14.5. The molecule has 0 heterocycles. The van der Waals surface area contributed by atoms with E-state index in [0.717, 1.165) is 12.3 Å². The lowest BCUT2D eigenvalue weighted by molar-refractivity contribution is -0.120. The van der Waals surface area contributed by atoms with Gasteiger partial charge in [-0.15, -0.1) is 0 Å². The van der Waals surface area contributed by atoms with Crippen LogP contribution < -0.4 is 0 Å². The van der Waals surface area contributed by atoms with Crippen LogP contribution in [0.3, 0.4) is 0 Å². The second-order valence-corrected chi connectivity index (χ2v) is 6.96. The second kappa shape index (κ2) is 4.96. The number of hydrogen-bond donors (Lipinski definition) is 0. The van der Waals surface area contributed by atoms with Gasteiger partial charge < -0.3 is 4.79 Å². The Kier molecular flexibility index (Phi) is 4.22. The quantitative estimate of drug-likeness (QED) is 0.514. The lowest BCUT2D eigenvalue weighted by Gasteiger charge is -2.40. The molecule has 1 heteroatoms. The minimum absolute atomic E-state index is 0.189. The van der Waals surface area contributed by atoms with Crippen molar-refractivity contribution in [1.82, 2.24) is 0 Å². The van der Waals surface area contributed by atoms with Gasteiger partial charge in [0, 0.05) is 5.41 Å². The zero-order chi connectivity index (χ0) is 13.3. The predicted octanol–water partition coefficient (Wildman–Crippen LogP) is 4.62. The molecule has 0 saturated heterocycles. The van der Waals surface area contributed by atoms with Gasteiger partial charge in [-0.05, 0) is 50.4 Å². The van der Waals surface area contributed by atoms with Crippen LogP contribution in [-0.4, -0.2) is 6.29 Å². The Hall–Kier alpha value is -0.590. The maximum Gasteiger partial charge on any atom is 0.126 e. The van der Waals surface area contributed by atoms with Crippen LogP contribution in [0.1, 0.15) is 60.8 Å². The van der Waals surface area contributed by atoms with Crippen molar-refractivity contribution in [2.45, 2.75) is 60.8 Å². The molecule has 1 aliphatic carbocycles.